The number of hydrogen-bond acceptors (Lipinski definition) is 3. The summed E-state index contributed by atoms with van der Waals surface area (Å²) >= 11 is 5.56. The van der Waals surface area contributed by atoms with Gasteiger partial charge in [-0.3, -0.25) is 4.79 Å². The Morgan fingerprint density at radius 2 is 2.15 bits per heavy atom. The molecule has 0 aliphatic carbocycles. The smallest absolute Gasteiger partial charge is 0.325 e. The molecule has 0 amide bonds. The lowest BCUT2D eigenvalue weighted by Crippen LogP contribution is -2.20. The molecular weight excluding hydrogens is 194 g/mol. The minimum atomic E-state index is -1.14. The Labute approximate surface area is 79.6 Å². The highest BCUT2D eigenvalue weighted by atomic mass is 35.5. The summed E-state index contributed by atoms with van der Waals surface area (Å²) in [5, 5.41) is 17.7. The molecule has 1 atom stereocenters. The normalized spacial score (nSPS) is 12.5. The maximum Gasteiger partial charge on any atom is 0.325 e. The van der Waals surface area contributed by atoms with Crippen LogP contribution in [0.3, 0.4) is 0 Å². The average molecular weight is 202 g/mol. The van der Waals surface area contributed by atoms with Crippen LogP contribution in [0, 0.1) is 0 Å². The maximum atomic E-state index is 10.5. The van der Waals surface area contributed by atoms with E-state index < -0.39 is 12.0 Å². The van der Waals surface area contributed by atoms with Crippen molar-refractivity contribution in [1.29, 1.82) is 0 Å². The van der Waals surface area contributed by atoms with Gasteiger partial charge in [0.25, 0.3) is 0 Å². The second kappa shape index (κ2) is 3.64. The number of aliphatic carboxylic acids is 1. The summed E-state index contributed by atoms with van der Waals surface area (Å²) < 4.78 is 0. The van der Waals surface area contributed by atoms with Crippen molar-refractivity contribution in [2.24, 2.45) is 5.73 Å². The Kier molecular flexibility index (Phi) is 2.75. The molecule has 70 valence electrons. The van der Waals surface area contributed by atoms with Gasteiger partial charge in [-0.15, -0.1) is 0 Å². The summed E-state index contributed by atoms with van der Waals surface area (Å²) in [6.45, 7) is 0. The molecule has 1 aromatic carbocycles. The maximum absolute atomic E-state index is 10.5. The average Bonchev–Trinajstić information content (AvgIpc) is 2.08. The summed E-state index contributed by atoms with van der Waals surface area (Å²) in [4.78, 5) is 10.5. The summed E-state index contributed by atoms with van der Waals surface area (Å²) in [6, 6.07) is 2.94. The van der Waals surface area contributed by atoms with E-state index in [4.69, 9.17) is 27.5 Å². The fourth-order valence-corrected chi connectivity index (χ4v) is 1.05. The molecular formula is C8H8ClNO3. The lowest BCUT2D eigenvalue weighted by Gasteiger charge is -2.07. The topological polar surface area (TPSA) is 83.6 Å². The summed E-state index contributed by atoms with van der Waals surface area (Å²) in [5.41, 5.74) is 5.67. The predicted octanol–water partition coefficient (Wildman–Crippen LogP) is 1.13. The first-order valence-corrected chi connectivity index (χ1v) is 3.87. The van der Waals surface area contributed by atoms with Gasteiger partial charge in [0.15, 0.2) is 0 Å². The van der Waals surface area contributed by atoms with E-state index in [-0.39, 0.29) is 10.8 Å². The number of phenolic OH excluding ortho intramolecular Hbond substituents is 1. The molecule has 0 heterocycles. The van der Waals surface area contributed by atoms with Crippen molar-refractivity contribution in [3.8, 4) is 5.75 Å². The van der Waals surface area contributed by atoms with Crippen molar-refractivity contribution >= 4 is 17.6 Å². The van der Waals surface area contributed by atoms with Gasteiger partial charge in [-0.2, -0.15) is 0 Å². The Morgan fingerprint density at radius 3 is 2.62 bits per heavy atom. The van der Waals surface area contributed by atoms with Gasteiger partial charge in [0.05, 0.1) is 5.02 Å². The Bertz CT molecular complexity index is 340. The van der Waals surface area contributed by atoms with Crippen LogP contribution in [0.15, 0.2) is 18.2 Å². The number of phenols is 1. The number of carboxylic acid groups (broad SMARTS) is 1. The molecule has 0 unspecified atom stereocenters. The van der Waals surface area contributed by atoms with Crippen LogP contribution in [0.2, 0.25) is 5.02 Å². The van der Waals surface area contributed by atoms with Crippen molar-refractivity contribution in [2.45, 2.75) is 6.04 Å². The minimum Gasteiger partial charge on any atom is -0.506 e. The van der Waals surface area contributed by atoms with Crippen LogP contribution in [0.4, 0.5) is 0 Å². The Hall–Kier alpha value is -1.26. The molecule has 5 heteroatoms. The van der Waals surface area contributed by atoms with Gasteiger partial charge in [0.2, 0.25) is 0 Å². The Balaban J connectivity index is 3.03. The summed E-state index contributed by atoms with van der Waals surface area (Å²) in [5.74, 6) is -1.23. The van der Waals surface area contributed by atoms with E-state index in [9.17, 15) is 4.79 Å². The molecule has 0 aromatic heterocycles. The molecule has 0 aliphatic heterocycles. The van der Waals surface area contributed by atoms with Gasteiger partial charge >= 0.3 is 5.97 Å². The second-order valence-electron chi connectivity index (χ2n) is 2.53. The molecule has 4 nitrogen and oxygen atoms in total. The molecule has 0 fully saturated rings. The zero-order valence-electron chi connectivity index (χ0n) is 6.57. The highest BCUT2D eigenvalue weighted by Crippen LogP contribution is 2.25. The van der Waals surface area contributed by atoms with E-state index in [1.807, 2.05) is 0 Å². The first-order chi connectivity index (χ1) is 6.02. The molecule has 1 rings (SSSR count). The van der Waals surface area contributed by atoms with Crippen LogP contribution in [-0.4, -0.2) is 16.2 Å². The first-order valence-electron chi connectivity index (χ1n) is 3.49. The predicted molar refractivity (Wildman–Crippen MR) is 47.7 cm³/mol. The summed E-state index contributed by atoms with van der Waals surface area (Å²) in [7, 11) is 0. The van der Waals surface area contributed by atoms with Crippen molar-refractivity contribution in [3.63, 3.8) is 0 Å². The molecule has 0 aliphatic rings. The van der Waals surface area contributed by atoms with Gasteiger partial charge in [0, 0.05) is 0 Å². The SMILES string of the molecule is N[C@@H](C(=O)O)c1ccc(O)c(Cl)c1. The van der Waals surface area contributed by atoms with E-state index in [1.165, 1.54) is 18.2 Å². The highest BCUT2D eigenvalue weighted by molar-refractivity contribution is 6.32. The molecule has 13 heavy (non-hydrogen) atoms. The molecule has 0 bridgehead atoms. The highest BCUT2D eigenvalue weighted by Gasteiger charge is 2.14. The zero-order valence-corrected chi connectivity index (χ0v) is 7.32. The number of carboxylic acids is 1. The largest absolute Gasteiger partial charge is 0.506 e. The quantitative estimate of drug-likeness (QED) is 0.670. The van der Waals surface area contributed by atoms with E-state index >= 15 is 0 Å². The zero-order chi connectivity index (χ0) is 10.0. The van der Waals surface area contributed by atoms with E-state index in [2.05, 4.69) is 0 Å². The number of benzene rings is 1. The first kappa shape index (κ1) is 9.83. The third kappa shape index (κ3) is 2.11. The fourth-order valence-electron chi connectivity index (χ4n) is 0.859. The third-order valence-electron chi connectivity index (χ3n) is 1.60. The van der Waals surface area contributed by atoms with Gasteiger partial charge in [0.1, 0.15) is 11.8 Å². The second-order valence-corrected chi connectivity index (χ2v) is 2.93. The molecule has 4 N–H and O–H groups in total. The van der Waals surface area contributed by atoms with E-state index in [0.717, 1.165) is 0 Å². The number of carbonyl (C=O) groups is 1. The van der Waals surface area contributed by atoms with E-state index in [0.29, 0.717) is 5.56 Å². The molecule has 0 saturated heterocycles. The van der Waals surface area contributed by atoms with Crippen LogP contribution >= 0.6 is 11.6 Å². The number of halogens is 1. The van der Waals surface area contributed by atoms with E-state index in [1.54, 1.807) is 0 Å². The fraction of sp³-hybridized carbons (Fsp3) is 0.125. The number of aromatic hydroxyl groups is 1. The van der Waals surface area contributed by atoms with Crippen LogP contribution in [0.25, 0.3) is 0 Å². The van der Waals surface area contributed by atoms with Gasteiger partial charge in [-0.05, 0) is 17.7 Å². The van der Waals surface area contributed by atoms with Crippen molar-refractivity contribution in [2.75, 3.05) is 0 Å². The van der Waals surface area contributed by atoms with Crippen LogP contribution in [0.5, 0.6) is 5.75 Å². The Morgan fingerprint density at radius 1 is 1.54 bits per heavy atom. The van der Waals surface area contributed by atoms with Gasteiger partial charge in [-0.1, -0.05) is 17.7 Å². The van der Waals surface area contributed by atoms with Crippen molar-refractivity contribution in [3.05, 3.63) is 28.8 Å². The van der Waals surface area contributed by atoms with Crippen LogP contribution in [-0.2, 0) is 4.79 Å². The molecule has 1 aromatic rings. The summed E-state index contributed by atoms with van der Waals surface area (Å²) in [6.07, 6.45) is 0. The van der Waals surface area contributed by atoms with Gasteiger partial charge in [-0.25, -0.2) is 0 Å². The van der Waals surface area contributed by atoms with Crippen LogP contribution in [0.1, 0.15) is 11.6 Å². The standard InChI is InChI=1S/C8H8ClNO3/c9-5-3-4(1-2-6(5)11)7(10)8(12)13/h1-3,7,11H,10H2,(H,12,13)/t7-/m1/s1. The molecule has 0 spiro atoms. The lowest BCUT2D eigenvalue weighted by atomic mass is 10.1. The van der Waals surface area contributed by atoms with Gasteiger partial charge < -0.3 is 15.9 Å². The number of rotatable bonds is 2. The minimum absolute atomic E-state index is 0.0919. The van der Waals surface area contributed by atoms with Crippen LogP contribution < -0.4 is 5.73 Å². The monoisotopic (exact) mass is 201 g/mol. The lowest BCUT2D eigenvalue weighted by molar-refractivity contribution is -0.138. The molecule has 0 radical (unpaired) electrons. The molecule has 0 saturated carbocycles. The van der Waals surface area contributed by atoms with Crippen molar-refractivity contribution < 1.29 is 15.0 Å². The third-order valence-corrected chi connectivity index (χ3v) is 1.90. The number of hydrogen-bond donors (Lipinski definition) is 3. The number of nitrogens with two attached hydrogens (primary N) is 1. The van der Waals surface area contributed by atoms with Crippen molar-refractivity contribution in [1.82, 2.24) is 0 Å².